The van der Waals surface area contributed by atoms with Crippen molar-refractivity contribution in [2.75, 3.05) is 33.9 Å². The van der Waals surface area contributed by atoms with Gasteiger partial charge in [0.15, 0.2) is 0 Å². The van der Waals surface area contributed by atoms with Crippen molar-refractivity contribution in [3.8, 4) is 33.6 Å². The highest BCUT2D eigenvalue weighted by Crippen LogP contribution is 2.37. The summed E-state index contributed by atoms with van der Waals surface area (Å²) in [6, 6.07) is 20.0. The van der Waals surface area contributed by atoms with E-state index in [1.54, 1.807) is 11.1 Å². The van der Waals surface area contributed by atoms with Crippen molar-refractivity contribution < 1.29 is 28.7 Å². The number of aromatic amines is 2. The quantitative estimate of drug-likeness (QED) is 0.123. The molecule has 2 aliphatic heterocycles. The lowest BCUT2D eigenvalue weighted by Crippen LogP contribution is -2.48. The van der Waals surface area contributed by atoms with Crippen LogP contribution in [-0.4, -0.2) is 93.6 Å². The van der Waals surface area contributed by atoms with Gasteiger partial charge in [-0.3, -0.25) is 9.59 Å². The number of alkyl carbamates (subject to hydrolysis) is 2. The number of nitrogens with one attached hydrogen (secondary N) is 4. The molecule has 5 atom stereocenters. The minimum Gasteiger partial charge on any atom is -0.453 e. The molecule has 14 nitrogen and oxygen atoms in total. The second-order valence-corrected chi connectivity index (χ2v) is 14.9. The van der Waals surface area contributed by atoms with E-state index in [1.165, 1.54) is 14.2 Å². The lowest BCUT2D eigenvalue weighted by molar-refractivity contribution is -0.134. The normalized spacial score (nSPS) is 19.9. The molecule has 5 aromatic rings. The Labute approximate surface area is 325 Å². The van der Waals surface area contributed by atoms with Crippen molar-refractivity contribution in [1.29, 1.82) is 0 Å². The zero-order chi connectivity index (χ0) is 39.5. The smallest absolute Gasteiger partial charge is 0.407 e. The van der Waals surface area contributed by atoms with Gasteiger partial charge >= 0.3 is 12.2 Å². The largest absolute Gasteiger partial charge is 0.453 e. The molecule has 3 aromatic carbocycles. The number of fused-ring (bicyclic) bond motifs is 1. The van der Waals surface area contributed by atoms with Crippen LogP contribution in [0.3, 0.4) is 0 Å². The summed E-state index contributed by atoms with van der Waals surface area (Å²) >= 11 is 0. The Balaban J connectivity index is 1.03. The summed E-state index contributed by atoms with van der Waals surface area (Å²) in [7, 11) is 2.56. The molecule has 2 aromatic heterocycles. The third kappa shape index (κ3) is 7.95. The number of rotatable bonds is 10. The van der Waals surface area contributed by atoms with Gasteiger partial charge in [-0.25, -0.2) is 19.6 Å². The van der Waals surface area contributed by atoms with Gasteiger partial charge in [-0.1, -0.05) is 69.3 Å². The van der Waals surface area contributed by atoms with E-state index in [0.717, 1.165) is 68.9 Å². The summed E-state index contributed by atoms with van der Waals surface area (Å²) < 4.78 is 9.34. The molecule has 0 unspecified atom stereocenters. The molecule has 0 radical (unpaired) electrons. The molecular formula is C42H48N8O6. The summed E-state index contributed by atoms with van der Waals surface area (Å²) in [5.41, 5.74) is 5.87. The first-order valence-electron chi connectivity index (χ1n) is 19.1. The van der Waals surface area contributed by atoms with Crippen LogP contribution in [0.5, 0.6) is 0 Å². The van der Waals surface area contributed by atoms with Crippen LogP contribution in [-0.2, 0) is 19.1 Å². The molecule has 292 valence electrons. The SMILES string of the molecule is CC[C@H](NC(=O)OC)C(=O)N1C[C@@H](C)C[C@H]1c1ncc(-c2ccc3cc(-c4ccc(-c5cnc([C@@H]6C[C@H](C)CN6C(=O)CNC(=O)OC)[nH]5)cc4)ccc3c2)[nH]1. The van der Waals surface area contributed by atoms with Gasteiger partial charge < -0.3 is 39.9 Å². The second-order valence-electron chi connectivity index (χ2n) is 14.9. The molecule has 0 saturated carbocycles. The Kier molecular flexibility index (Phi) is 11.1. The van der Waals surface area contributed by atoms with Gasteiger partial charge in [-0.05, 0) is 70.7 Å². The molecule has 2 fully saturated rings. The van der Waals surface area contributed by atoms with E-state index in [-0.39, 0.29) is 36.4 Å². The van der Waals surface area contributed by atoms with E-state index in [9.17, 15) is 19.2 Å². The zero-order valence-electron chi connectivity index (χ0n) is 32.3. The summed E-state index contributed by atoms with van der Waals surface area (Å²) in [5.74, 6) is 1.73. The lowest BCUT2D eigenvalue weighted by atomic mass is 9.98. The number of hydrogen-bond acceptors (Lipinski definition) is 8. The van der Waals surface area contributed by atoms with E-state index in [0.29, 0.717) is 25.4 Å². The van der Waals surface area contributed by atoms with Gasteiger partial charge in [-0.2, -0.15) is 0 Å². The first-order valence-corrected chi connectivity index (χ1v) is 19.1. The summed E-state index contributed by atoms with van der Waals surface area (Å²) in [4.78, 5) is 69.7. The van der Waals surface area contributed by atoms with Crippen molar-refractivity contribution in [1.82, 2.24) is 40.4 Å². The van der Waals surface area contributed by atoms with Crippen LogP contribution in [0.2, 0.25) is 0 Å². The first-order chi connectivity index (χ1) is 27.0. The fourth-order valence-electron chi connectivity index (χ4n) is 7.93. The molecule has 14 heteroatoms. The average molecular weight is 761 g/mol. The van der Waals surface area contributed by atoms with E-state index in [4.69, 9.17) is 9.72 Å². The molecule has 7 rings (SSSR count). The highest BCUT2D eigenvalue weighted by Gasteiger charge is 2.39. The van der Waals surface area contributed by atoms with Crippen molar-refractivity contribution in [2.24, 2.45) is 11.8 Å². The molecule has 4 amide bonds. The highest BCUT2D eigenvalue weighted by molar-refractivity contribution is 5.91. The second kappa shape index (κ2) is 16.3. The van der Waals surface area contributed by atoms with E-state index in [1.807, 2.05) is 18.0 Å². The number of imidazole rings is 2. The number of hydrogen-bond donors (Lipinski definition) is 4. The van der Waals surface area contributed by atoms with Gasteiger partial charge in [0.25, 0.3) is 0 Å². The van der Waals surface area contributed by atoms with E-state index < -0.39 is 18.2 Å². The van der Waals surface area contributed by atoms with Gasteiger partial charge in [0.05, 0.1) is 50.1 Å². The molecule has 4 N–H and O–H groups in total. The van der Waals surface area contributed by atoms with Crippen molar-refractivity contribution >= 4 is 34.8 Å². The predicted octanol–water partition coefficient (Wildman–Crippen LogP) is 6.60. The van der Waals surface area contributed by atoms with Crippen LogP contribution in [0.1, 0.15) is 63.8 Å². The van der Waals surface area contributed by atoms with Crippen LogP contribution < -0.4 is 10.6 Å². The Bertz CT molecular complexity index is 2230. The van der Waals surface area contributed by atoms with E-state index in [2.05, 4.69) is 105 Å². The number of carbonyl (C=O) groups is 4. The molecule has 0 spiro atoms. The van der Waals surface area contributed by atoms with Crippen LogP contribution in [0.15, 0.2) is 73.1 Å². The van der Waals surface area contributed by atoms with Crippen molar-refractivity contribution in [3.63, 3.8) is 0 Å². The van der Waals surface area contributed by atoms with Crippen LogP contribution >= 0.6 is 0 Å². The number of ether oxygens (including phenoxy) is 2. The number of amides is 4. The first kappa shape index (κ1) is 38.1. The number of methoxy groups -OCH3 is 2. The van der Waals surface area contributed by atoms with Crippen LogP contribution in [0.25, 0.3) is 44.4 Å². The molecule has 2 aliphatic rings. The third-order valence-corrected chi connectivity index (χ3v) is 10.9. The minimum absolute atomic E-state index is 0.130. The van der Waals surface area contributed by atoms with Crippen molar-refractivity contribution in [3.05, 3.63) is 84.7 Å². The number of aromatic nitrogens is 4. The Hall–Kier alpha value is -6.18. The minimum atomic E-state index is -0.667. The maximum absolute atomic E-state index is 13.5. The monoisotopic (exact) mass is 760 g/mol. The molecule has 0 bridgehead atoms. The highest BCUT2D eigenvalue weighted by atomic mass is 16.5. The van der Waals surface area contributed by atoms with Crippen LogP contribution in [0.4, 0.5) is 9.59 Å². The third-order valence-electron chi connectivity index (χ3n) is 10.9. The molecule has 4 heterocycles. The maximum Gasteiger partial charge on any atom is 0.407 e. The number of H-pyrrole nitrogens is 2. The zero-order valence-corrected chi connectivity index (χ0v) is 32.3. The Morgan fingerprint density at radius 2 is 1.25 bits per heavy atom. The fraction of sp³-hybridized carbons (Fsp3) is 0.381. The van der Waals surface area contributed by atoms with Gasteiger partial charge in [-0.15, -0.1) is 0 Å². The fourth-order valence-corrected chi connectivity index (χ4v) is 7.93. The average Bonchev–Trinajstić information content (AvgIpc) is 4.05. The standard InChI is InChI=1S/C42H48N8O6/c1-6-32(48-42(54)56-5)40(52)50-23-25(3)16-36(50)39-44-20-34(47-39)31-14-13-29-17-28(11-12-30(29)18-31)26-7-9-27(10-8-26)33-19-43-38(46-33)35-15-24(2)22-49(35)37(51)21-45-41(53)55-4/h7-14,17-20,24-25,32,35-36H,6,15-16,21-23H2,1-5H3,(H,43,46)(H,44,47)(H,45,53)(H,48,54)/t24-,25-,32-,35-,36-/m0/s1. The summed E-state index contributed by atoms with van der Waals surface area (Å²) in [6.45, 7) is 7.14. The number of likely N-dealkylation sites (tertiary alicyclic amines) is 2. The van der Waals surface area contributed by atoms with Crippen molar-refractivity contribution in [2.45, 2.75) is 58.2 Å². The molecule has 56 heavy (non-hydrogen) atoms. The topological polar surface area (TPSA) is 175 Å². The predicted molar refractivity (Wildman–Crippen MR) is 211 cm³/mol. The van der Waals surface area contributed by atoms with E-state index >= 15 is 0 Å². The summed E-state index contributed by atoms with van der Waals surface area (Å²) in [6.07, 6.45) is 4.37. The molecular weight excluding hydrogens is 713 g/mol. The van der Waals surface area contributed by atoms with Gasteiger partial charge in [0.2, 0.25) is 11.8 Å². The summed E-state index contributed by atoms with van der Waals surface area (Å²) in [5, 5.41) is 7.34. The lowest BCUT2D eigenvalue weighted by Gasteiger charge is -2.27. The maximum atomic E-state index is 13.5. The van der Waals surface area contributed by atoms with Crippen LogP contribution in [0, 0.1) is 11.8 Å². The number of carbonyl (C=O) groups excluding carboxylic acids is 4. The van der Waals surface area contributed by atoms with Gasteiger partial charge in [0, 0.05) is 18.7 Å². The van der Waals surface area contributed by atoms with Gasteiger partial charge in [0.1, 0.15) is 24.2 Å². The Morgan fingerprint density at radius 1 is 0.732 bits per heavy atom. The Morgan fingerprint density at radius 3 is 1.86 bits per heavy atom. The molecule has 0 aliphatic carbocycles. The number of benzene rings is 3. The molecule has 2 saturated heterocycles. The number of nitrogens with zero attached hydrogens (tertiary/aromatic N) is 4.